The van der Waals surface area contributed by atoms with Crippen molar-refractivity contribution in [2.75, 3.05) is 0 Å². The highest BCUT2D eigenvalue weighted by atomic mass is 32.1. The Balaban J connectivity index is 1.88. The van der Waals surface area contributed by atoms with Crippen LogP contribution >= 0.6 is 11.3 Å². The number of nitrogens with one attached hydrogen (secondary N) is 1. The van der Waals surface area contributed by atoms with E-state index >= 15 is 0 Å². The molecule has 1 aromatic heterocycles. The molecule has 0 spiro atoms. The average Bonchev–Trinajstić information content (AvgIpc) is 2.87. The van der Waals surface area contributed by atoms with E-state index in [1.165, 1.54) is 35.6 Å². The minimum absolute atomic E-state index is 0.397. The average molecular weight is 238 g/mol. The van der Waals surface area contributed by atoms with Gasteiger partial charge in [0.05, 0.1) is 6.04 Å². The molecule has 2 nitrogen and oxygen atoms in total. The molecule has 1 heterocycles. The molecule has 1 aromatic rings. The first-order valence-corrected chi connectivity index (χ1v) is 7.17. The van der Waals surface area contributed by atoms with Gasteiger partial charge >= 0.3 is 0 Å². The van der Waals surface area contributed by atoms with E-state index in [1.54, 1.807) is 11.3 Å². The van der Waals surface area contributed by atoms with Gasteiger partial charge in [-0.3, -0.25) is 0 Å². The van der Waals surface area contributed by atoms with E-state index in [0.29, 0.717) is 12.1 Å². The first-order chi connectivity index (χ1) is 7.66. The molecule has 90 valence electrons. The van der Waals surface area contributed by atoms with E-state index < -0.39 is 0 Å². The van der Waals surface area contributed by atoms with Crippen LogP contribution in [0.25, 0.3) is 0 Å². The van der Waals surface area contributed by atoms with Gasteiger partial charge in [0.25, 0.3) is 0 Å². The molecular formula is C13H22N2S. The second-order valence-electron chi connectivity index (χ2n) is 5.03. The highest BCUT2D eigenvalue weighted by Gasteiger charge is 2.23. The molecule has 2 rings (SSSR count). The van der Waals surface area contributed by atoms with Gasteiger partial charge in [-0.1, -0.05) is 12.8 Å². The van der Waals surface area contributed by atoms with Crippen LogP contribution in [0.1, 0.15) is 55.5 Å². The highest BCUT2D eigenvalue weighted by molar-refractivity contribution is 7.11. The van der Waals surface area contributed by atoms with Crippen molar-refractivity contribution in [1.82, 2.24) is 10.3 Å². The number of aryl methyl sites for hydroxylation is 1. The molecule has 1 saturated carbocycles. The molecule has 0 bridgehead atoms. The van der Waals surface area contributed by atoms with E-state index in [0.717, 1.165) is 5.92 Å². The van der Waals surface area contributed by atoms with Gasteiger partial charge in [0.2, 0.25) is 0 Å². The van der Waals surface area contributed by atoms with Crippen LogP contribution in [0.2, 0.25) is 0 Å². The predicted molar refractivity (Wildman–Crippen MR) is 69.8 cm³/mol. The minimum Gasteiger partial charge on any atom is -0.305 e. The van der Waals surface area contributed by atoms with Gasteiger partial charge in [0, 0.05) is 17.1 Å². The van der Waals surface area contributed by atoms with E-state index in [-0.39, 0.29) is 0 Å². The predicted octanol–water partition coefficient (Wildman–Crippen LogP) is 3.68. The van der Waals surface area contributed by atoms with Crippen molar-refractivity contribution in [3.63, 3.8) is 0 Å². The summed E-state index contributed by atoms with van der Waals surface area (Å²) in [6, 6.07) is 1.02. The lowest BCUT2D eigenvalue weighted by Gasteiger charge is -2.23. The molecule has 16 heavy (non-hydrogen) atoms. The zero-order valence-corrected chi connectivity index (χ0v) is 11.3. The third kappa shape index (κ3) is 2.83. The van der Waals surface area contributed by atoms with Crippen LogP contribution < -0.4 is 5.32 Å². The van der Waals surface area contributed by atoms with Gasteiger partial charge in [-0.15, -0.1) is 11.3 Å². The van der Waals surface area contributed by atoms with Crippen LogP contribution in [-0.2, 0) is 0 Å². The SMILES string of the molecule is Cc1cnc(C(C)NC(C)C2CCCC2)s1. The smallest absolute Gasteiger partial charge is 0.109 e. The Hall–Kier alpha value is -0.410. The van der Waals surface area contributed by atoms with Gasteiger partial charge in [-0.05, 0) is 39.5 Å². The summed E-state index contributed by atoms with van der Waals surface area (Å²) in [4.78, 5) is 5.75. The summed E-state index contributed by atoms with van der Waals surface area (Å²) < 4.78 is 0. The molecule has 2 atom stereocenters. The normalized spacial score (nSPS) is 21.2. The number of nitrogens with zero attached hydrogens (tertiary/aromatic N) is 1. The summed E-state index contributed by atoms with van der Waals surface area (Å²) in [5, 5.41) is 4.92. The van der Waals surface area contributed by atoms with Crippen LogP contribution in [-0.4, -0.2) is 11.0 Å². The van der Waals surface area contributed by atoms with Crippen LogP contribution in [0.5, 0.6) is 0 Å². The van der Waals surface area contributed by atoms with Gasteiger partial charge in [-0.2, -0.15) is 0 Å². The molecule has 1 N–H and O–H groups in total. The van der Waals surface area contributed by atoms with Crippen molar-refractivity contribution in [2.45, 2.75) is 58.5 Å². The number of aromatic nitrogens is 1. The number of rotatable bonds is 4. The zero-order valence-electron chi connectivity index (χ0n) is 10.5. The van der Waals surface area contributed by atoms with E-state index in [1.807, 2.05) is 6.20 Å². The van der Waals surface area contributed by atoms with E-state index in [9.17, 15) is 0 Å². The lowest BCUT2D eigenvalue weighted by molar-refractivity contribution is 0.352. The Morgan fingerprint density at radius 1 is 1.38 bits per heavy atom. The maximum Gasteiger partial charge on any atom is 0.109 e. The molecule has 1 fully saturated rings. The lowest BCUT2D eigenvalue weighted by atomic mass is 9.99. The standard InChI is InChI=1S/C13H22N2S/c1-9-8-14-13(16-9)11(3)15-10(2)12-6-4-5-7-12/h8,10-12,15H,4-7H2,1-3H3. The molecule has 1 aliphatic rings. The summed E-state index contributed by atoms with van der Waals surface area (Å²) in [5.74, 6) is 0.878. The largest absolute Gasteiger partial charge is 0.305 e. The Bertz CT molecular complexity index is 328. The van der Waals surface area contributed by atoms with E-state index in [2.05, 4.69) is 31.1 Å². The summed E-state index contributed by atoms with van der Waals surface area (Å²) >= 11 is 1.81. The fraction of sp³-hybridized carbons (Fsp3) is 0.769. The monoisotopic (exact) mass is 238 g/mol. The summed E-state index contributed by atoms with van der Waals surface area (Å²) in [5.41, 5.74) is 0. The maximum absolute atomic E-state index is 4.45. The fourth-order valence-corrected chi connectivity index (χ4v) is 3.42. The molecule has 3 heteroatoms. The summed E-state index contributed by atoms with van der Waals surface area (Å²) in [6.07, 6.45) is 7.61. The fourth-order valence-electron chi connectivity index (χ4n) is 2.63. The Morgan fingerprint density at radius 2 is 2.06 bits per heavy atom. The number of hydrogen-bond acceptors (Lipinski definition) is 3. The summed E-state index contributed by atoms with van der Waals surface area (Å²) in [7, 11) is 0. The second kappa shape index (κ2) is 5.28. The Morgan fingerprint density at radius 3 is 2.62 bits per heavy atom. The highest BCUT2D eigenvalue weighted by Crippen LogP contribution is 2.29. The van der Waals surface area contributed by atoms with Gasteiger partial charge in [0.15, 0.2) is 0 Å². The summed E-state index contributed by atoms with van der Waals surface area (Å²) in [6.45, 7) is 6.67. The number of hydrogen-bond donors (Lipinski definition) is 1. The maximum atomic E-state index is 4.45. The van der Waals surface area contributed by atoms with Crippen molar-refractivity contribution in [3.05, 3.63) is 16.1 Å². The van der Waals surface area contributed by atoms with Crippen LogP contribution in [0.4, 0.5) is 0 Å². The van der Waals surface area contributed by atoms with Gasteiger partial charge in [0.1, 0.15) is 5.01 Å². The Kier molecular flexibility index (Phi) is 3.98. The lowest BCUT2D eigenvalue weighted by Crippen LogP contribution is -2.34. The second-order valence-corrected chi connectivity index (χ2v) is 6.30. The first-order valence-electron chi connectivity index (χ1n) is 6.35. The van der Waals surface area contributed by atoms with Gasteiger partial charge in [-0.25, -0.2) is 4.98 Å². The van der Waals surface area contributed by atoms with Crippen molar-refractivity contribution in [2.24, 2.45) is 5.92 Å². The third-order valence-corrected chi connectivity index (χ3v) is 4.72. The molecule has 0 amide bonds. The number of thiazole rings is 1. The molecule has 0 aliphatic heterocycles. The Labute approximate surface area is 102 Å². The molecular weight excluding hydrogens is 216 g/mol. The topological polar surface area (TPSA) is 24.9 Å². The molecule has 2 unspecified atom stereocenters. The van der Waals surface area contributed by atoms with Gasteiger partial charge < -0.3 is 5.32 Å². The van der Waals surface area contributed by atoms with Crippen molar-refractivity contribution in [3.8, 4) is 0 Å². The quantitative estimate of drug-likeness (QED) is 0.865. The molecule has 0 saturated heterocycles. The van der Waals surface area contributed by atoms with Crippen molar-refractivity contribution < 1.29 is 0 Å². The van der Waals surface area contributed by atoms with Crippen molar-refractivity contribution >= 4 is 11.3 Å². The first kappa shape index (κ1) is 12.1. The molecule has 0 aromatic carbocycles. The van der Waals surface area contributed by atoms with Crippen LogP contribution in [0.15, 0.2) is 6.20 Å². The minimum atomic E-state index is 0.397. The van der Waals surface area contributed by atoms with Crippen LogP contribution in [0, 0.1) is 12.8 Å². The van der Waals surface area contributed by atoms with Crippen LogP contribution in [0.3, 0.4) is 0 Å². The zero-order chi connectivity index (χ0) is 11.5. The van der Waals surface area contributed by atoms with E-state index in [4.69, 9.17) is 0 Å². The molecule has 0 radical (unpaired) electrons. The third-order valence-electron chi connectivity index (χ3n) is 3.63. The van der Waals surface area contributed by atoms with Crippen molar-refractivity contribution in [1.29, 1.82) is 0 Å². The molecule has 1 aliphatic carbocycles.